The SMILES string of the molecule is CC(C)Sc1ccc(CC(=O)NCCN2CCN(c3ccc(Cl)cc3)CC2)cc1. The third-order valence-electron chi connectivity index (χ3n) is 4.97. The molecule has 0 aliphatic carbocycles. The van der Waals surface area contributed by atoms with Gasteiger partial charge in [-0.25, -0.2) is 0 Å². The Morgan fingerprint density at radius 3 is 2.31 bits per heavy atom. The van der Waals surface area contributed by atoms with E-state index >= 15 is 0 Å². The highest BCUT2D eigenvalue weighted by molar-refractivity contribution is 7.99. The predicted molar refractivity (Wildman–Crippen MR) is 124 cm³/mol. The molecule has 156 valence electrons. The Kier molecular flexibility index (Phi) is 8.28. The average Bonchev–Trinajstić information content (AvgIpc) is 2.70. The number of benzene rings is 2. The third kappa shape index (κ3) is 7.25. The van der Waals surface area contributed by atoms with Crippen molar-refractivity contribution in [2.45, 2.75) is 30.4 Å². The van der Waals surface area contributed by atoms with Crippen LogP contribution < -0.4 is 10.2 Å². The number of carbonyl (C=O) groups excluding carboxylic acids is 1. The first-order valence-electron chi connectivity index (χ1n) is 10.2. The van der Waals surface area contributed by atoms with E-state index in [1.807, 2.05) is 23.9 Å². The first-order chi connectivity index (χ1) is 14.0. The number of anilines is 1. The molecule has 0 radical (unpaired) electrons. The molecule has 1 aliphatic rings. The highest BCUT2D eigenvalue weighted by atomic mass is 35.5. The number of rotatable bonds is 8. The smallest absolute Gasteiger partial charge is 0.224 e. The molecule has 1 fully saturated rings. The Labute approximate surface area is 183 Å². The molecule has 2 aromatic rings. The molecule has 0 atom stereocenters. The first kappa shape index (κ1) is 22.0. The Balaban J connectivity index is 1.34. The maximum absolute atomic E-state index is 12.2. The van der Waals surface area contributed by atoms with Gasteiger partial charge in [0.2, 0.25) is 5.91 Å². The standard InChI is InChI=1S/C23H30ClN3OS/c1-18(2)29-22-9-3-19(4-10-22)17-23(28)25-11-12-26-13-15-27(16-14-26)21-7-5-20(24)6-8-21/h3-10,18H,11-17H2,1-2H3,(H,25,28). The number of hydrogen-bond acceptors (Lipinski definition) is 4. The van der Waals surface area contributed by atoms with Crippen LogP contribution in [0.5, 0.6) is 0 Å². The molecule has 1 saturated heterocycles. The summed E-state index contributed by atoms with van der Waals surface area (Å²) in [6.07, 6.45) is 0.441. The lowest BCUT2D eigenvalue weighted by Crippen LogP contribution is -2.48. The van der Waals surface area contributed by atoms with Crippen molar-refractivity contribution < 1.29 is 4.79 Å². The van der Waals surface area contributed by atoms with Crippen molar-refractivity contribution in [3.05, 3.63) is 59.1 Å². The van der Waals surface area contributed by atoms with Gasteiger partial charge in [0.25, 0.3) is 0 Å². The van der Waals surface area contributed by atoms with Gasteiger partial charge in [0.1, 0.15) is 0 Å². The Hall–Kier alpha value is -1.69. The van der Waals surface area contributed by atoms with Crippen LogP contribution in [0.2, 0.25) is 5.02 Å². The summed E-state index contributed by atoms with van der Waals surface area (Å²) in [6, 6.07) is 16.4. The van der Waals surface area contributed by atoms with E-state index in [1.54, 1.807) is 0 Å². The van der Waals surface area contributed by atoms with Crippen LogP contribution in [0.15, 0.2) is 53.4 Å². The fraction of sp³-hybridized carbons (Fsp3) is 0.435. The van der Waals surface area contributed by atoms with Crippen LogP contribution in [0, 0.1) is 0 Å². The number of carbonyl (C=O) groups is 1. The lowest BCUT2D eigenvalue weighted by Gasteiger charge is -2.36. The molecule has 6 heteroatoms. The van der Waals surface area contributed by atoms with Crippen LogP contribution in [0.3, 0.4) is 0 Å². The van der Waals surface area contributed by atoms with Gasteiger partial charge >= 0.3 is 0 Å². The van der Waals surface area contributed by atoms with Crippen LogP contribution in [0.25, 0.3) is 0 Å². The summed E-state index contributed by atoms with van der Waals surface area (Å²) in [5.74, 6) is 0.0917. The van der Waals surface area contributed by atoms with Gasteiger partial charge < -0.3 is 10.2 Å². The zero-order chi connectivity index (χ0) is 20.6. The van der Waals surface area contributed by atoms with E-state index in [0.717, 1.165) is 43.3 Å². The molecule has 0 unspecified atom stereocenters. The van der Waals surface area contributed by atoms with Crippen molar-refractivity contribution in [3.8, 4) is 0 Å². The minimum atomic E-state index is 0.0917. The second-order valence-electron chi connectivity index (χ2n) is 7.64. The second-order valence-corrected chi connectivity index (χ2v) is 9.73. The summed E-state index contributed by atoms with van der Waals surface area (Å²) in [4.78, 5) is 18.3. The number of nitrogens with zero attached hydrogens (tertiary/aromatic N) is 2. The number of piperazine rings is 1. The number of hydrogen-bond donors (Lipinski definition) is 1. The van der Waals surface area contributed by atoms with Crippen LogP contribution in [0.1, 0.15) is 19.4 Å². The molecular weight excluding hydrogens is 402 g/mol. The summed E-state index contributed by atoms with van der Waals surface area (Å²) >= 11 is 7.81. The van der Waals surface area contributed by atoms with Gasteiger partial charge in [-0.1, -0.05) is 37.6 Å². The van der Waals surface area contributed by atoms with E-state index in [9.17, 15) is 4.79 Å². The van der Waals surface area contributed by atoms with E-state index in [2.05, 4.69) is 65.4 Å². The van der Waals surface area contributed by atoms with Crippen molar-refractivity contribution >= 4 is 35.0 Å². The topological polar surface area (TPSA) is 35.6 Å². The number of thioether (sulfide) groups is 1. The van der Waals surface area contributed by atoms with Gasteiger partial charge in [-0.3, -0.25) is 9.69 Å². The van der Waals surface area contributed by atoms with E-state index in [4.69, 9.17) is 11.6 Å². The lowest BCUT2D eigenvalue weighted by molar-refractivity contribution is -0.120. The van der Waals surface area contributed by atoms with E-state index in [-0.39, 0.29) is 5.91 Å². The molecular formula is C23H30ClN3OS. The first-order valence-corrected chi connectivity index (χ1v) is 11.5. The Morgan fingerprint density at radius 2 is 1.69 bits per heavy atom. The largest absolute Gasteiger partial charge is 0.369 e. The molecule has 1 heterocycles. The van der Waals surface area contributed by atoms with Gasteiger partial charge in [-0.15, -0.1) is 11.8 Å². The maximum Gasteiger partial charge on any atom is 0.224 e. The molecule has 0 bridgehead atoms. The summed E-state index contributed by atoms with van der Waals surface area (Å²) in [7, 11) is 0. The minimum absolute atomic E-state index is 0.0917. The minimum Gasteiger partial charge on any atom is -0.369 e. The maximum atomic E-state index is 12.2. The highest BCUT2D eigenvalue weighted by Crippen LogP contribution is 2.23. The van der Waals surface area contributed by atoms with Crippen molar-refractivity contribution in [2.24, 2.45) is 0 Å². The molecule has 0 saturated carbocycles. The number of amides is 1. The van der Waals surface area contributed by atoms with Crippen LogP contribution >= 0.6 is 23.4 Å². The van der Waals surface area contributed by atoms with Crippen LogP contribution in [-0.2, 0) is 11.2 Å². The third-order valence-corrected chi connectivity index (χ3v) is 6.24. The molecule has 1 aliphatic heterocycles. The van der Waals surface area contributed by atoms with Crippen LogP contribution in [-0.4, -0.2) is 55.3 Å². The Bertz CT molecular complexity index is 772. The highest BCUT2D eigenvalue weighted by Gasteiger charge is 2.17. The fourth-order valence-corrected chi connectivity index (χ4v) is 4.40. The van der Waals surface area contributed by atoms with Gasteiger partial charge in [-0.05, 0) is 42.0 Å². The summed E-state index contributed by atoms with van der Waals surface area (Å²) in [5.41, 5.74) is 2.28. The van der Waals surface area contributed by atoms with Gasteiger partial charge in [0.05, 0.1) is 6.42 Å². The summed E-state index contributed by atoms with van der Waals surface area (Å²) < 4.78 is 0. The van der Waals surface area contributed by atoms with E-state index in [0.29, 0.717) is 18.2 Å². The van der Waals surface area contributed by atoms with Gasteiger partial charge in [-0.2, -0.15) is 0 Å². The fourth-order valence-electron chi connectivity index (χ4n) is 3.44. The molecule has 4 nitrogen and oxygen atoms in total. The molecule has 2 aromatic carbocycles. The second kappa shape index (κ2) is 10.9. The lowest BCUT2D eigenvalue weighted by atomic mass is 10.1. The Morgan fingerprint density at radius 1 is 1.03 bits per heavy atom. The summed E-state index contributed by atoms with van der Waals surface area (Å²) in [6.45, 7) is 9.96. The molecule has 29 heavy (non-hydrogen) atoms. The normalized spacial score (nSPS) is 15.0. The van der Waals surface area contributed by atoms with Gasteiger partial charge in [0.15, 0.2) is 0 Å². The van der Waals surface area contributed by atoms with Crippen LogP contribution in [0.4, 0.5) is 5.69 Å². The molecule has 0 spiro atoms. The van der Waals surface area contributed by atoms with Crippen molar-refractivity contribution in [1.82, 2.24) is 10.2 Å². The number of nitrogens with one attached hydrogen (secondary N) is 1. The van der Waals surface area contributed by atoms with Crippen molar-refractivity contribution in [1.29, 1.82) is 0 Å². The van der Waals surface area contributed by atoms with Crippen molar-refractivity contribution in [3.63, 3.8) is 0 Å². The van der Waals surface area contributed by atoms with Crippen molar-refractivity contribution in [2.75, 3.05) is 44.2 Å². The van der Waals surface area contributed by atoms with E-state index < -0.39 is 0 Å². The monoisotopic (exact) mass is 431 g/mol. The molecule has 3 rings (SSSR count). The zero-order valence-electron chi connectivity index (χ0n) is 17.2. The van der Waals surface area contributed by atoms with E-state index in [1.165, 1.54) is 10.6 Å². The number of halogens is 1. The zero-order valence-corrected chi connectivity index (χ0v) is 18.8. The molecule has 1 N–H and O–H groups in total. The molecule has 0 aromatic heterocycles. The van der Waals surface area contributed by atoms with Gasteiger partial charge in [0, 0.05) is 60.1 Å². The quantitative estimate of drug-likeness (QED) is 0.631. The predicted octanol–water partition coefficient (Wildman–Crippen LogP) is 4.32. The summed E-state index contributed by atoms with van der Waals surface area (Å²) in [5, 5.41) is 4.40. The average molecular weight is 432 g/mol. The molecule has 1 amide bonds.